The summed E-state index contributed by atoms with van der Waals surface area (Å²) in [5.74, 6) is 0.364. The summed E-state index contributed by atoms with van der Waals surface area (Å²) in [6.07, 6.45) is 2.70. The summed E-state index contributed by atoms with van der Waals surface area (Å²) in [5, 5.41) is 5.50. The first-order valence-electron chi connectivity index (χ1n) is 9.46. The van der Waals surface area contributed by atoms with Gasteiger partial charge in [0.15, 0.2) is 0 Å². The van der Waals surface area contributed by atoms with E-state index in [9.17, 15) is 9.59 Å². The maximum atomic E-state index is 12.3. The van der Waals surface area contributed by atoms with Gasteiger partial charge in [0.05, 0.1) is 13.0 Å². The van der Waals surface area contributed by atoms with E-state index in [1.165, 1.54) is 11.3 Å². The van der Waals surface area contributed by atoms with Crippen molar-refractivity contribution in [2.45, 2.75) is 19.3 Å². The molecule has 2 amide bonds. The average molecular weight is 403 g/mol. The minimum atomic E-state index is -0.214. The van der Waals surface area contributed by atoms with Gasteiger partial charge in [0.1, 0.15) is 16.5 Å². The number of carbonyl (C=O) groups excluding carboxylic acids is 2. The molecule has 1 aliphatic heterocycles. The standard InChI is InChI=1S/C20H26N4O3S/c1-27-16-7-5-14(6-8-16)20-23-17(13-28-20)19(26)22-9-3-11-24-10-2-4-15(12-24)18(21)25/h5-8,13,15H,2-4,9-12H2,1H3,(H2,21,25)(H,22,26). The highest BCUT2D eigenvalue weighted by atomic mass is 32.1. The molecular weight excluding hydrogens is 376 g/mol. The van der Waals surface area contributed by atoms with Crippen molar-refractivity contribution in [1.82, 2.24) is 15.2 Å². The van der Waals surface area contributed by atoms with Gasteiger partial charge < -0.3 is 20.7 Å². The van der Waals surface area contributed by atoms with Crippen molar-refractivity contribution in [3.8, 4) is 16.3 Å². The van der Waals surface area contributed by atoms with E-state index >= 15 is 0 Å². The molecule has 1 fully saturated rings. The fourth-order valence-electron chi connectivity index (χ4n) is 3.33. The highest BCUT2D eigenvalue weighted by Crippen LogP contribution is 2.25. The Kier molecular flexibility index (Phi) is 7.00. The number of nitrogens with one attached hydrogen (secondary N) is 1. The van der Waals surface area contributed by atoms with Gasteiger partial charge in [-0.2, -0.15) is 0 Å². The number of rotatable bonds is 8. The Morgan fingerprint density at radius 3 is 2.86 bits per heavy atom. The van der Waals surface area contributed by atoms with Crippen molar-refractivity contribution in [3.05, 3.63) is 35.3 Å². The Balaban J connectivity index is 1.44. The van der Waals surface area contributed by atoms with Gasteiger partial charge in [-0.15, -0.1) is 11.3 Å². The zero-order valence-corrected chi connectivity index (χ0v) is 16.8. The number of likely N-dealkylation sites (tertiary alicyclic amines) is 1. The number of thiazole rings is 1. The van der Waals surface area contributed by atoms with Crippen LogP contribution in [0, 0.1) is 5.92 Å². The first-order chi connectivity index (χ1) is 13.6. The number of piperidine rings is 1. The molecule has 1 saturated heterocycles. The normalized spacial score (nSPS) is 17.2. The number of benzene rings is 1. The molecule has 1 atom stereocenters. The van der Waals surface area contributed by atoms with Gasteiger partial charge in [-0.05, 0) is 56.6 Å². The van der Waals surface area contributed by atoms with Crippen molar-refractivity contribution in [2.75, 3.05) is 33.3 Å². The molecule has 0 saturated carbocycles. The van der Waals surface area contributed by atoms with Gasteiger partial charge >= 0.3 is 0 Å². The molecule has 0 radical (unpaired) electrons. The van der Waals surface area contributed by atoms with E-state index in [2.05, 4.69) is 15.2 Å². The van der Waals surface area contributed by atoms with Crippen molar-refractivity contribution in [2.24, 2.45) is 11.7 Å². The predicted octanol–water partition coefficient (Wildman–Crippen LogP) is 2.14. The molecule has 1 aromatic heterocycles. The lowest BCUT2D eigenvalue weighted by Gasteiger charge is -2.31. The van der Waals surface area contributed by atoms with Crippen molar-refractivity contribution in [1.29, 1.82) is 0 Å². The van der Waals surface area contributed by atoms with Crippen molar-refractivity contribution >= 4 is 23.2 Å². The van der Waals surface area contributed by atoms with Crippen LogP contribution in [0.4, 0.5) is 0 Å². The molecule has 7 nitrogen and oxygen atoms in total. The Hall–Kier alpha value is -2.45. The molecule has 0 spiro atoms. The second-order valence-corrected chi connectivity index (χ2v) is 7.78. The number of nitrogens with zero attached hydrogens (tertiary/aromatic N) is 2. The summed E-state index contributed by atoms with van der Waals surface area (Å²) in [4.78, 5) is 30.3. The molecule has 0 bridgehead atoms. The number of aromatic nitrogens is 1. The minimum absolute atomic E-state index is 0.0466. The number of nitrogens with two attached hydrogens (primary N) is 1. The van der Waals surface area contributed by atoms with Gasteiger partial charge in [-0.25, -0.2) is 4.98 Å². The predicted molar refractivity (Wildman–Crippen MR) is 109 cm³/mol. The highest BCUT2D eigenvalue weighted by Gasteiger charge is 2.23. The van der Waals surface area contributed by atoms with Crippen molar-refractivity contribution in [3.63, 3.8) is 0 Å². The van der Waals surface area contributed by atoms with E-state index < -0.39 is 0 Å². The van der Waals surface area contributed by atoms with Crippen LogP contribution in [-0.2, 0) is 4.79 Å². The van der Waals surface area contributed by atoms with Crippen LogP contribution < -0.4 is 15.8 Å². The first kappa shape index (κ1) is 20.3. The summed E-state index contributed by atoms with van der Waals surface area (Å²) in [6, 6.07) is 7.61. The molecule has 150 valence electrons. The van der Waals surface area contributed by atoms with E-state index in [4.69, 9.17) is 10.5 Å². The lowest BCUT2D eigenvalue weighted by molar-refractivity contribution is -0.123. The summed E-state index contributed by atoms with van der Waals surface area (Å²) < 4.78 is 5.16. The Bertz CT molecular complexity index is 806. The van der Waals surface area contributed by atoms with Crippen LogP contribution in [0.15, 0.2) is 29.6 Å². The van der Waals surface area contributed by atoms with Gasteiger partial charge in [-0.3, -0.25) is 9.59 Å². The molecule has 1 aromatic carbocycles. The molecule has 3 N–H and O–H groups in total. The smallest absolute Gasteiger partial charge is 0.270 e. The fourth-order valence-corrected chi connectivity index (χ4v) is 4.14. The third kappa shape index (κ3) is 5.30. The zero-order valence-electron chi connectivity index (χ0n) is 16.0. The average Bonchev–Trinajstić information content (AvgIpc) is 3.22. The van der Waals surface area contributed by atoms with Crippen LogP contribution >= 0.6 is 11.3 Å². The van der Waals surface area contributed by atoms with Gasteiger partial charge in [0.2, 0.25) is 5.91 Å². The van der Waals surface area contributed by atoms with Gasteiger partial charge in [-0.1, -0.05) is 0 Å². The van der Waals surface area contributed by atoms with Crippen molar-refractivity contribution < 1.29 is 14.3 Å². The summed E-state index contributed by atoms with van der Waals surface area (Å²) >= 11 is 1.44. The van der Waals surface area contributed by atoms with E-state index in [0.717, 1.165) is 55.2 Å². The number of hydrogen-bond acceptors (Lipinski definition) is 6. The summed E-state index contributed by atoms with van der Waals surface area (Å²) in [6.45, 7) is 3.12. The van der Waals surface area contributed by atoms with Crippen LogP contribution in [0.5, 0.6) is 5.75 Å². The maximum absolute atomic E-state index is 12.3. The molecule has 3 rings (SSSR count). The minimum Gasteiger partial charge on any atom is -0.497 e. The monoisotopic (exact) mass is 402 g/mol. The SMILES string of the molecule is COc1ccc(-c2nc(C(=O)NCCCN3CCCC(C(N)=O)C3)cs2)cc1. The molecule has 2 heterocycles. The van der Waals surface area contributed by atoms with E-state index in [-0.39, 0.29) is 17.7 Å². The topological polar surface area (TPSA) is 97.6 Å². The fraction of sp³-hybridized carbons (Fsp3) is 0.450. The zero-order chi connectivity index (χ0) is 19.9. The Morgan fingerprint density at radius 2 is 2.14 bits per heavy atom. The molecule has 1 unspecified atom stereocenters. The van der Waals surface area contributed by atoms with Crippen LogP contribution in [0.3, 0.4) is 0 Å². The second kappa shape index (κ2) is 9.66. The number of ether oxygens (including phenoxy) is 1. The van der Waals surface area contributed by atoms with E-state index in [1.807, 2.05) is 24.3 Å². The third-order valence-corrected chi connectivity index (χ3v) is 5.81. The number of hydrogen-bond donors (Lipinski definition) is 2. The molecule has 8 heteroatoms. The van der Waals surface area contributed by atoms with E-state index in [0.29, 0.717) is 12.2 Å². The van der Waals surface area contributed by atoms with Crippen LogP contribution in [-0.4, -0.2) is 55.0 Å². The van der Waals surface area contributed by atoms with E-state index in [1.54, 1.807) is 12.5 Å². The lowest BCUT2D eigenvalue weighted by Crippen LogP contribution is -2.42. The second-order valence-electron chi connectivity index (χ2n) is 6.92. The van der Waals surface area contributed by atoms with Gasteiger partial charge in [0.25, 0.3) is 5.91 Å². The summed E-state index contributed by atoms with van der Waals surface area (Å²) in [5.41, 5.74) is 6.80. The summed E-state index contributed by atoms with van der Waals surface area (Å²) in [7, 11) is 1.63. The quantitative estimate of drug-likeness (QED) is 0.659. The van der Waals surface area contributed by atoms with Crippen LogP contribution in [0.2, 0.25) is 0 Å². The molecule has 1 aliphatic rings. The highest BCUT2D eigenvalue weighted by molar-refractivity contribution is 7.13. The Morgan fingerprint density at radius 1 is 1.36 bits per heavy atom. The molecule has 0 aliphatic carbocycles. The largest absolute Gasteiger partial charge is 0.497 e. The number of carbonyl (C=O) groups is 2. The van der Waals surface area contributed by atoms with Crippen LogP contribution in [0.25, 0.3) is 10.6 Å². The maximum Gasteiger partial charge on any atom is 0.270 e. The lowest BCUT2D eigenvalue weighted by atomic mass is 9.97. The van der Waals surface area contributed by atoms with Gasteiger partial charge in [0, 0.05) is 24.0 Å². The molecule has 28 heavy (non-hydrogen) atoms. The third-order valence-electron chi connectivity index (χ3n) is 4.92. The number of amides is 2. The van der Waals surface area contributed by atoms with Crippen LogP contribution in [0.1, 0.15) is 29.8 Å². The number of methoxy groups -OCH3 is 1. The Labute approximate surface area is 168 Å². The number of primary amides is 1. The first-order valence-corrected chi connectivity index (χ1v) is 10.3. The molecule has 2 aromatic rings. The molecular formula is C20H26N4O3S.